The summed E-state index contributed by atoms with van der Waals surface area (Å²) in [4.78, 5) is 17.9. The largest absolute Gasteiger partial charge is 0.497 e. The fourth-order valence-corrected chi connectivity index (χ4v) is 4.39. The lowest BCUT2D eigenvalue weighted by molar-refractivity contribution is 0.102. The summed E-state index contributed by atoms with van der Waals surface area (Å²) in [5.74, 6) is 1.32. The molecule has 0 aliphatic heterocycles. The Labute approximate surface area is 224 Å². The van der Waals surface area contributed by atoms with Gasteiger partial charge in [-0.1, -0.05) is 42.3 Å². The fraction of sp³-hybridized carbons (Fsp3) is 0.219. The maximum Gasteiger partial charge on any atom is 0.255 e. The summed E-state index contributed by atoms with van der Waals surface area (Å²) in [7, 11) is 1.65. The predicted octanol–water partition coefficient (Wildman–Crippen LogP) is 7.32. The first kappa shape index (κ1) is 26.6. The molecule has 3 N–H and O–H groups in total. The van der Waals surface area contributed by atoms with Crippen LogP contribution >= 0.6 is 0 Å². The highest BCUT2D eigenvalue weighted by atomic mass is 16.5. The molecule has 0 spiro atoms. The first-order valence-corrected chi connectivity index (χ1v) is 12.7. The van der Waals surface area contributed by atoms with E-state index >= 15 is 0 Å². The maximum absolute atomic E-state index is 13.0. The number of carbonyl (C=O) groups excluding carboxylic acids is 1. The molecule has 0 saturated carbocycles. The third-order valence-corrected chi connectivity index (χ3v) is 6.45. The van der Waals surface area contributed by atoms with Crippen molar-refractivity contribution in [3.05, 3.63) is 106 Å². The minimum atomic E-state index is -0.145. The molecule has 6 nitrogen and oxygen atoms in total. The lowest BCUT2D eigenvalue weighted by Crippen LogP contribution is -2.12. The SMILES string of the molecule is CCC(=N)c1ccc(-c2cc(NC(=O)c3cc(C)cc(C)c3)ccc2C)nc1NCc1ccc(OC)cc1. The second-order valence-corrected chi connectivity index (χ2v) is 9.49. The molecule has 0 fully saturated rings. The van der Waals surface area contributed by atoms with E-state index in [9.17, 15) is 4.79 Å². The van der Waals surface area contributed by atoms with Crippen molar-refractivity contribution in [1.29, 1.82) is 5.41 Å². The molecule has 0 unspecified atom stereocenters. The minimum Gasteiger partial charge on any atom is -0.497 e. The van der Waals surface area contributed by atoms with E-state index in [0.717, 1.165) is 44.8 Å². The molecule has 3 aromatic carbocycles. The van der Waals surface area contributed by atoms with Gasteiger partial charge in [-0.05, 0) is 86.8 Å². The first-order valence-electron chi connectivity index (χ1n) is 12.7. The molecule has 4 aromatic rings. The van der Waals surface area contributed by atoms with E-state index in [4.69, 9.17) is 15.1 Å². The molecule has 0 bridgehead atoms. The minimum absolute atomic E-state index is 0.145. The average molecular weight is 507 g/mol. The molecular weight excluding hydrogens is 472 g/mol. The Balaban J connectivity index is 1.62. The van der Waals surface area contributed by atoms with Gasteiger partial charge in [0, 0.05) is 34.6 Å². The van der Waals surface area contributed by atoms with Crippen LogP contribution in [0.2, 0.25) is 0 Å². The quantitative estimate of drug-likeness (QED) is 0.208. The van der Waals surface area contributed by atoms with Gasteiger partial charge in [0.05, 0.1) is 12.8 Å². The molecular formula is C32H34N4O2. The predicted molar refractivity (Wildman–Crippen MR) is 156 cm³/mol. The van der Waals surface area contributed by atoms with E-state index in [1.165, 1.54) is 0 Å². The van der Waals surface area contributed by atoms with Crippen molar-refractivity contribution >= 4 is 23.1 Å². The van der Waals surface area contributed by atoms with Crippen molar-refractivity contribution in [3.63, 3.8) is 0 Å². The van der Waals surface area contributed by atoms with E-state index in [-0.39, 0.29) is 5.91 Å². The molecule has 1 aromatic heterocycles. The number of hydrogen-bond acceptors (Lipinski definition) is 5. The van der Waals surface area contributed by atoms with Gasteiger partial charge in [0.2, 0.25) is 0 Å². The number of methoxy groups -OCH3 is 1. The van der Waals surface area contributed by atoms with Crippen molar-refractivity contribution in [2.75, 3.05) is 17.7 Å². The Hall–Kier alpha value is -4.45. The summed E-state index contributed by atoms with van der Waals surface area (Å²) in [6.07, 6.45) is 0.608. The second kappa shape index (κ2) is 11.7. The van der Waals surface area contributed by atoms with Crippen molar-refractivity contribution in [2.24, 2.45) is 0 Å². The monoisotopic (exact) mass is 506 g/mol. The summed E-state index contributed by atoms with van der Waals surface area (Å²) < 4.78 is 5.25. The molecule has 1 heterocycles. The fourth-order valence-electron chi connectivity index (χ4n) is 4.39. The maximum atomic E-state index is 13.0. The zero-order chi connectivity index (χ0) is 27.2. The van der Waals surface area contributed by atoms with E-state index in [2.05, 4.69) is 16.7 Å². The van der Waals surface area contributed by atoms with E-state index in [0.29, 0.717) is 35.7 Å². The van der Waals surface area contributed by atoms with Gasteiger partial charge in [0.25, 0.3) is 5.91 Å². The number of anilines is 2. The average Bonchev–Trinajstić information content (AvgIpc) is 2.92. The highest BCUT2D eigenvalue weighted by Crippen LogP contribution is 2.29. The molecule has 194 valence electrons. The Morgan fingerprint density at radius 2 is 1.63 bits per heavy atom. The van der Waals surface area contributed by atoms with Crippen LogP contribution in [0.3, 0.4) is 0 Å². The van der Waals surface area contributed by atoms with Gasteiger partial charge in [0.1, 0.15) is 11.6 Å². The van der Waals surface area contributed by atoms with Gasteiger partial charge in [-0.3, -0.25) is 4.79 Å². The van der Waals surface area contributed by atoms with Crippen LogP contribution in [0.4, 0.5) is 11.5 Å². The molecule has 38 heavy (non-hydrogen) atoms. The third kappa shape index (κ3) is 6.27. The molecule has 1 amide bonds. The van der Waals surface area contributed by atoms with Gasteiger partial charge < -0.3 is 20.8 Å². The number of hydrogen-bond donors (Lipinski definition) is 3. The highest BCUT2D eigenvalue weighted by Gasteiger charge is 2.14. The van der Waals surface area contributed by atoms with Gasteiger partial charge in [0.15, 0.2) is 0 Å². The van der Waals surface area contributed by atoms with Gasteiger partial charge in [-0.2, -0.15) is 0 Å². The molecule has 6 heteroatoms. The Kier molecular flexibility index (Phi) is 8.22. The molecule has 0 aliphatic rings. The number of ether oxygens (including phenoxy) is 1. The van der Waals surface area contributed by atoms with Crippen LogP contribution in [-0.2, 0) is 6.54 Å². The normalized spacial score (nSPS) is 10.7. The molecule has 0 atom stereocenters. The number of aromatic nitrogens is 1. The topological polar surface area (TPSA) is 87.1 Å². The highest BCUT2D eigenvalue weighted by molar-refractivity contribution is 6.05. The third-order valence-electron chi connectivity index (χ3n) is 6.45. The molecule has 4 rings (SSSR count). The van der Waals surface area contributed by atoms with Crippen molar-refractivity contribution in [2.45, 2.75) is 40.7 Å². The zero-order valence-corrected chi connectivity index (χ0v) is 22.6. The van der Waals surface area contributed by atoms with E-state index in [1.54, 1.807) is 7.11 Å². The number of benzene rings is 3. The van der Waals surface area contributed by atoms with Crippen LogP contribution in [0.1, 0.15) is 51.5 Å². The number of pyridine rings is 1. The number of amides is 1. The standard InChI is InChI=1S/C32H34N4O2/c1-6-29(33)27-13-14-30(36-31(27)34-19-23-8-11-26(38-5)12-9-23)28-18-25(10-7-22(28)4)35-32(37)24-16-20(2)15-21(3)17-24/h7-18,33H,6,19H2,1-5H3,(H,34,36)(H,35,37). The smallest absolute Gasteiger partial charge is 0.255 e. The van der Waals surface area contributed by atoms with Crippen LogP contribution in [-0.4, -0.2) is 23.7 Å². The van der Waals surface area contributed by atoms with Crippen LogP contribution in [0.25, 0.3) is 11.3 Å². The molecule has 0 aliphatic carbocycles. The van der Waals surface area contributed by atoms with Crippen molar-refractivity contribution in [1.82, 2.24) is 4.98 Å². The number of nitrogens with zero attached hydrogens (tertiary/aromatic N) is 1. The molecule has 0 saturated heterocycles. The summed E-state index contributed by atoms with van der Waals surface area (Å²) in [6, 6.07) is 23.4. The summed E-state index contributed by atoms with van der Waals surface area (Å²) >= 11 is 0. The van der Waals surface area contributed by atoms with Gasteiger partial charge >= 0.3 is 0 Å². The lowest BCUT2D eigenvalue weighted by Gasteiger charge is -2.15. The molecule has 0 radical (unpaired) electrons. The van der Waals surface area contributed by atoms with Crippen LogP contribution in [0.5, 0.6) is 5.75 Å². The zero-order valence-electron chi connectivity index (χ0n) is 22.6. The summed E-state index contributed by atoms with van der Waals surface area (Å²) in [6.45, 7) is 8.53. The number of aryl methyl sites for hydroxylation is 3. The van der Waals surface area contributed by atoms with Crippen molar-refractivity contribution in [3.8, 4) is 17.0 Å². The van der Waals surface area contributed by atoms with Gasteiger partial charge in [-0.15, -0.1) is 0 Å². The Bertz CT molecular complexity index is 1460. The second-order valence-electron chi connectivity index (χ2n) is 9.49. The van der Waals surface area contributed by atoms with Crippen LogP contribution in [0.15, 0.2) is 72.8 Å². The van der Waals surface area contributed by atoms with Gasteiger partial charge in [-0.25, -0.2) is 4.98 Å². The van der Waals surface area contributed by atoms with E-state index in [1.807, 2.05) is 94.4 Å². The number of carbonyl (C=O) groups is 1. The first-order chi connectivity index (χ1) is 18.3. The number of nitrogens with one attached hydrogen (secondary N) is 3. The Morgan fingerprint density at radius 3 is 2.29 bits per heavy atom. The summed E-state index contributed by atoms with van der Waals surface area (Å²) in [5, 5.41) is 14.9. The van der Waals surface area contributed by atoms with Crippen LogP contribution < -0.4 is 15.4 Å². The Morgan fingerprint density at radius 1 is 0.921 bits per heavy atom. The van der Waals surface area contributed by atoms with Crippen LogP contribution in [0, 0.1) is 26.2 Å². The summed E-state index contributed by atoms with van der Waals surface area (Å²) in [5.41, 5.74) is 8.56. The number of rotatable bonds is 9. The van der Waals surface area contributed by atoms with E-state index < -0.39 is 0 Å². The van der Waals surface area contributed by atoms with Crippen molar-refractivity contribution < 1.29 is 9.53 Å². The lowest BCUT2D eigenvalue weighted by atomic mass is 10.0.